The number of nitrogens with zero attached hydrogens (tertiary/aromatic N) is 1. The largest absolute Gasteiger partial charge is 0.312 e. The number of nitrogens with one attached hydrogen (secondary N) is 1. The van der Waals surface area contributed by atoms with E-state index in [1.165, 1.54) is 71.1 Å². The van der Waals surface area contributed by atoms with Crippen LogP contribution in [-0.2, 0) is 0 Å². The highest BCUT2D eigenvalue weighted by atomic mass is 15.2. The van der Waals surface area contributed by atoms with Crippen molar-refractivity contribution in [2.75, 3.05) is 26.2 Å². The molecule has 3 fully saturated rings. The van der Waals surface area contributed by atoms with Crippen molar-refractivity contribution in [1.29, 1.82) is 0 Å². The molecule has 0 spiro atoms. The molecule has 0 aromatic carbocycles. The maximum absolute atomic E-state index is 3.84. The predicted molar refractivity (Wildman–Crippen MR) is 85.9 cm³/mol. The van der Waals surface area contributed by atoms with E-state index in [0.717, 1.165) is 29.7 Å². The van der Waals surface area contributed by atoms with Crippen molar-refractivity contribution in [3.05, 3.63) is 0 Å². The van der Waals surface area contributed by atoms with Gasteiger partial charge in [-0.25, -0.2) is 0 Å². The third kappa shape index (κ3) is 4.46. The van der Waals surface area contributed by atoms with E-state index in [2.05, 4.69) is 24.1 Å². The van der Waals surface area contributed by atoms with Crippen molar-refractivity contribution in [3.8, 4) is 0 Å². The second kappa shape index (κ2) is 6.79. The maximum Gasteiger partial charge on any atom is 0.0198 e. The molecular weight excluding hydrogens is 244 g/mol. The van der Waals surface area contributed by atoms with Crippen molar-refractivity contribution in [1.82, 2.24) is 10.2 Å². The lowest BCUT2D eigenvalue weighted by molar-refractivity contribution is 0.0956. The molecule has 2 unspecified atom stereocenters. The number of piperidine rings is 1. The molecule has 2 saturated carbocycles. The molecule has 0 bridgehead atoms. The van der Waals surface area contributed by atoms with Crippen LogP contribution in [0.4, 0.5) is 0 Å². The van der Waals surface area contributed by atoms with Crippen LogP contribution < -0.4 is 5.32 Å². The quantitative estimate of drug-likeness (QED) is 0.766. The van der Waals surface area contributed by atoms with E-state index < -0.39 is 0 Å². The monoisotopic (exact) mass is 278 g/mol. The summed E-state index contributed by atoms with van der Waals surface area (Å²) in [6.07, 6.45) is 10.5. The van der Waals surface area contributed by atoms with Gasteiger partial charge in [0.25, 0.3) is 0 Å². The van der Waals surface area contributed by atoms with Crippen LogP contribution in [0.2, 0.25) is 0 Å². The van der Waals surface area contributed by atoms with E-state index in [-0.39, 0.29) is 0 Å². The van der Waals surface area contributed by atoms with Crippen LogP contribution in [0, 0.1) is 23.7 Å². The lowest BCUT2D eigenvalue weighted by Gasteiger charge is -2.41. The number of likely N-dealkylation sites (tertiary alicyclic amines) is 1. The maximum atomic E-state index is 3.84. The van der Waals surface area contributed by atoms with E-state index in [0.29, 0.717) is 0 Å². The Morgan fingerprint density at radius 2 is 1.80 bits per heavy atom. The molecule has 116 valence electrons. The van der Waals surface area contributed by atoms with Gasteiger partial charge in [-0.05, 0) is 55.9 Å². The van der Waals surface area contributed by atoms with Crippen LogP contribution in [0.15, 0.2) is 0 Å². The molecule has 0 radical (unpaired) electrons. The van der Waals surface area contributed by atoms with Crippen molar-refractivity contribution in [3.63, 3.8) is 0 Å². The van der Waals surface area contributed by atoms with Gasteiger partial charge in [-0.15, -0.1) is 0 Å². The van der Waals surface area contributed by atoms with Gasteiger partial charge >= 0.3 is 0 Å². The molecule has 3 aliphatic rings. The van der Waals surface area contributed by atoms with Gasteiger partial charge in [0.1, 0.15) is 0 Å². The minimum absolute atomic E-state index is 0.759. The Morgan fingerprint density at radius 1 is 1.00 bits per heavy atom. The van der Waals surface area contributed by atoms with E-state index >= 15 is 0 Å². The van der Waals surface area contributed by atoms with Crippen LogP contribution in [0.1, 0.15) is 58.8 Å². The molecular formula is C18H34N2. The molecule has 1 heterocycles. The average molecular weight is 278 g/mol. The zero-order valence-electron chi connectivity index (χ0n) is 13.6. The highest BCUT2D eigenvalue weighted by Gasteiger charge is 2.33. The number of hydrogen-bond acceptors (Lipinski definition) is 2. The zero-order chi connectivity index (χ0) is 13.9. The van der Waals surface area contributed by atoms with E-state index in [1.54, 1.807) is 0 Å². The molecule has 1 N–H and O–H groups in total. The summed E-state index contributed by atoms with van der Waals surface area (Å²) in [5, 5.41) is 3.84. The molecule has 2 atom stereocenters. The van der Waals surface area contributed by atoms with Crippen LogP contribution >= 0.6 is 0 Å². The smallest absolute Gasteiger partial charge is 0.0198 e. The Morgan fingerprint density at radius 3 is 2.40 bits per heavy atom. The fourth-order valence-corrected chi connectivity index (χ4v) is 4.04. The average Bonchev–Trinajstić information content (AvgIpc) is 3.15. The van der Waals surface area contributed by atoms with Gasteiger partial charge in [0.2, 0.25) is 0 Å². The van der Waals surface area contributed by atoms with Crippen molar-refractivity contribution in [2.24, 2.45) is 23.7 Å². The first-order chi connectivity index (χ1) is 9.69. The topological polar surface area (TPSA) is 15.3 Å². The molecule has 0 aromatic rings. The molecule has 3 rings (SSSR count). The summed E-state index contributed by atoms with van der Waals surface area (Å²) < 4.78 is 0. The standard InChI is InChI=1S/C18H34N2/c1-14(2)10-19-18-9-17(8-15-6-7-15)12-20(13-18)11-16-4-3-5-16/h14-19H,3-13H2,1-2H3. The summed E-state index contributed by atoms with van der Waals surface area (Å²) in [5.74, 6) is 3.87. The Balaban J connectivity index is 1.49. The second-order valence-electron chi connectivity index (χ2n) is 8.30. The minimum atomic E-state index is 0.759. The van der Waals surface area contributed by atoms with Crippen LogP contribution in [0.3, 0.4) is 0 Å². The lowest BCUT2D eigenvalue weighted by atomic mass is 9.83. The first kappa shape index (κ1) is 14.8. The molecule has 2 heteroatoms. The Kier molecular flexibility index (Phi) is 5.04. The van der Waals surface area contributed by atoms with Crippen molar-refractivity contribution < 1.29 is 0 Å². The first-order valence-electron chi connectivity index (χ1n) is 9.14. The van der Waals surface area contributed by atoms with E-state index in [9.17, 15) is 0 Å². The predicted octanol–water partition coefficient (Wildman–Crippen LogP) is 3.52. The number of hydrogen-bond donors (Lipinski definition) is 1. The van der Waals surface area contributed by atoms with Gasteiger partial charge in [-0.2, -0.15) is 0 Å². The molecule has 0 amide bonds. The molecule has 20 heavy (non-hydrogen) atoms. The SMILES string of the molecule is CC(C)CNC1CC(CC2CC2)CN(CC2CCC2)C1. The first-order valence-corrected chi connectivity index (χ1v) is 9.14. The highest BCUT2D eigenvalue weighted by Crippen LogP contribution is 2.38. The van der Waals surface area contributed by atoms with Gasteiger partial charge < -0.3 is 10.2 Å². The van der Waals surface area contributed by atoms with E-state index in [4.69, 9.17) is 0 Å². The number of rotatable bonds is 7. The Bertz CT molecular complexity index is 294. The van der Waals surface area contributed by atoms with Gasteiger partial charge in [-0.3, -0.25) is 0 Å². The fraction of sp³-hybridized carbons (Fsp3) is 1.00. The molecule has 2 nitrogen and oxygen atoms in total. The highest BCUT2D eigenvalue weighted by molar-refractivity contribution is 4.88. The van der Waals surface area contributed by atoms with Gasteiger partial charge in [0, 0.05) is 25.7 Å². The summed E-state index contributed by atoms with van der Waals surface area (Å²) in [6, 6.07) is 0.759. The van der Waals surface area contributed by atoms with Gasteiger partial charge in [0.15, 0.2) is 0 Å². The Labute approximate surface area is 125 Å². The van der Waals surface area contributed by atoms with Crippen LogP contribution in [-0.4, -0.2) is 37.1 Å². The Hall–Kier alpha value is -0.0800. The van der Waals surface area contributed by atoms with Crippen LogP contribution in [0.25, 0.3) is 0 Å². The van der Waals surface area contributed by atoms with E-state index in [1.807, 2.05) is 0 Å². The molecule has 1 aliphatic heterocycles. The third-order valence-electron chi connectivity index (χ3n) is 5.53. The van der Waals surface area contributed by atoms with Gasteiger partial charge in [-0.1, -0.05) is 33.1 Å². The molecule has 1 saturated heterocycles. The lowest BCUT2D eigenvalue weighted by Crippen LogP contribution is -2.51. The minimum Gasteiger partial charge on any atom is -0.312 e. The summed E-state index contributed by atoms with van der Waals surface area (Å²) in [7, 11) is 0. The third-order valence-corrected chi connectivity index (χ3v) is 5.53. The summed E-state index contributed by atoms with van der Waals surface area (Å²) in [4.78, 5) is 2.80. The van der Waals surface area contributed by atoms with Crippen molar-refractivity contribution >= 4 is 0 Å². The fourth-order valence-electron chi connectivity index (χ4n) is 4.04. The summed E-state index contributed by atoms with van der Waals surface area (Å²) >= 11 is 0. The van der Waals surface area contributed by atoms with Gasteiger partial charge in [0.05, 0.1) is 0 Å². The van der Waals surface area contributed by atoms with Crippen LogP contribution in [0.5, 0.6) is 0 Å². The summed E-state index contributed by atoms with van der Waals surface area (Å²) in [5.41, 5.74) is 0. The summed E-state index contributed by atoms with van der Waals surface area (Å²) in [6.45, 7) is 9.93. The molecule has 2 aliphatic carbocycles. The second-order valence-corrected chi connectivity index (χ2v) is 8.30. The van der Waals surface area contributed by atoms with Crippen molar-refractivity contribution in [2.45, 2.75) is 64.8 Å². The zero-order valence-corrected chi connectivity index (χ0v) is 13.6. The normalized spacial score (nSPS) is 32.5. The molecule has 0 aromatic heterocycles.